The van der Waals surface area contributed by atoms with Crippen molar-refractivity contribution >= 4 is 37.5 Å². The van der Waals surface area contributed by atoms with Crippen molar-refractivity contribution in [3.05, 3.63) is 45.1 Å². The van der Waals surface area contributed by atoms with E-state index < -0.39 is 0 Å². The minimum Gasteiger partial charge on any atom is -0.384 e. The smallest absolute Gasteiger partial charge is 0.0522 e. The van der Waals surface area contributed by atoms with Crippen molar-refractivity contribution in [3.8, 4) is 0 Å². The summed E-state index contributed by atoms with van der Waals surface area (Å²) in [5, 5.41) is 7.54. The highest BCUT2D eigenvalue weighted by Crippen LogP contribution is 2.25. The Morgan fingerprint density at radius 2 is 2.18 bits per heavy atom. The second-order valence-corrected chi connectivity index (χ2v) is 5.59. The number of nitrogens with one attached hydrogen (secondary N) is 1. The maximum Gasteiger partial charge on any atom is 0.0522 e. The standard InChI is InChI=1S/C12H13Br2N3/c1-17-8-9(7-16-17)4-5-15-12-6-10(13)2-3-11(12)14/h2-3,6-8,15H,4-5H2,1H3. The van der Waals surface area contributed by atoms with Crippen LogP contribution in [0.3, 0.4) is 0 Å². The van der Waals surface area contributed by atoms with E-state index in [1.165, 1.54) is 5.56 Å². The third-order valence-electron chi connectivity index (χ3n) is 2.42. The molecular formula is C12H13Br2N3. The van der Waals surface area contributed by atoms with Gasteiger partial charge in [-0.15, -0.1) is 0 Å². The van der Waals surface area contributed by atoms with Gasteiger partial charge in [0.25, 0.3) is 0 Å². The molecular weight excluding hydrogens is 346 g/mol. The second kappa shape index (κ2) is 5.69. The van der Waals surface area contributed by atoms with Crippen molar-refractivity contribution in [1.29, 1.82) is 0 Å². The average Bonchev–Trinajstić information content (AvgIpc) is 2.69. The molecule has 0 saturated heterocycles. The number of aromatic nitrogens is 2. The zero-order valence-electron chi connectivity index (χ0n) is 9.45. The highest BCUT2D eigenvalue weighted by molar-refractivity contribution is 9.11. The number of aryl methyl sites for hydroxylation is 1. The van der Waals surface area contributed by atoms with Gasteiger partial charge in [-0.3, -0.25) is 4.68 Å². The summed E-state index contributed by atoms with van der Waals surface area (Å²) in [6.07, 6.45) is 4.90. The molecule has 2 rings (SSSR count). The summed E-state index contributed by atoms with van der Waals surface area (Å²) in [4.78, 5) is 0. The van der Waals surface area contributed by atoms with E-state index in [1.54, 1.807) is 0 Å². The maximum absolute atomic E-state index is 4.15. The predicted molar refractivity (Wildman–Crippen MR) is 77.2 cm³/mol. The molecule has 2 aromatic rings. The van der Waals surface area contributed by atoms with Crippen LogP contribution in [0, 0.1) is 0 Å². The van der Waals surface area contributed by atoms with Crippen LogP contribution in [0.2, 0.25) is 0 Å². The number of anilines is 1. The van der Waals surface area contributed by atoms with Gasteiger partial charge in [0.15, 0.2) is 0 Å². The number of rotatable bonds is 4. The highest BCUT2D eigenvalue weighted by Gasteiger charge is 2.01. The van der Waals surface area contributed by atoms with Gasteiger partial charge in [0.1, 0.15) is 0 Å². The van der Waals surface area contributed by atoms with E-state index in [0.717, 1.165) is 27.6 Å². The van der Waals surface area contributed by atoms with Gasteiger partial charge in [-0.05, 0) is 46.1 Å². The summed E-state index contributed by atoms with van der Waals surface area (Å²) in [5.74, 6) is 0. The summed E-state index contributed by atoms with van der Waals surface area (Å²) in [7, 11) is 1.93. The monoisotopic (exact) mass is 357 g/mol. The lowest BCUT2D eigenvalue weighted by molar-refractivity contribution is 0.767. The van der Waals surface area contributed by atoms with Crippen LogP contribution in [-0.4, -0.2) is 16.3 Å². The Morgan fingerprint density at radius 3 is 2.88 bits per heavy atom. The molecule has 0 fully saturated rings. The first-order chi connectivity index (χ1) is 8.15. The SMILES string of the molecule is Cn1cc(CCNc2cc(Br)ccc2Br)cn1. The van der Waals surface area contributed by atoms with Crippen molar-refractivity contribution in [3.63, 3.8) is 0 Å². The average molecular weight is 359 g/mol. The fourth-order valence-corrected chi connectivity index (χ4v) is 2.32. The first kappa shape index (κ1) is 12.6. The third-order valence-corrected chi connectivity index (χ3v) is 3.60. The molecule has 1 aromatic heterocycles. The molecule has 0 radical (unpaired) electrons. The van der Waals surface area contributed by atoms with E-state index in [2.05, 4.69) is 48.3 Å². The van der Waals surface area contributed by atoms with Crippen molar-refractivity contribution in [1.82, 2.24) is 9.78 Å². The molecule has 0 bridgehead atoms. The Hall–Kier alpha value is -0.810. The summed E-state index contributed by atoms with van der Waals surface area (Å²) in [6.45, 7) is 0.890. The lowest BCUT2D eigenvalue weighted by Crippen LogP contribution is -2.04. The van der Waals surface area contributed by atoms with Gasteiger partial charge < -0.3 is 5.32 Å². The minimum atomic E-state index is 0.890. The van der Waals surface area contributed by atoms with Crippen molar-refractivity contribution in [2.45, 2.75) is 6.42 Å². The van der Waals surface area contributed by atoms with E-state index in [9.17, 15) is 0 Å². The number of hydrogen-bond donors (Lipinski definition) is 1. The molecule has 1 heterocycles. The summed E-state index contributed by atoms with van der Waals surface area (Å²) < 4.78 is 3.97. The Balaban J connectivity index is 1.91. The van der Waals surface area contributed by atoms with Gasteiger partial charge in [-0.2, -0.15) is 5.10 Å². The van der Waals surface area contributed by atoms with Gasteiger partial charge in [-0.25, -0.2) is 0 Å². The first-order valence-electron chi connectivity index (χ1n) is 5.31. The third kappa shape index (κ3) is 3.57. The van der Waals surface area contributed by atoms with Crippen LogP contribution < -0.4 is 5.32 Å². The fourth-order valence-electron chi connectivity index (χ4n) is 1.58. The molecule has 17 heavy (non-hydrogen) atoms. The molecule has 0 aliphatic heterocycles. The fraction of sp³-hybridized carbons (Fsp3) is 0.250. The Bertz CT molecular complexity index is 508. The number of benzene rings is 1. The molecule has 1 aromatic carbocycles. The summed E-state index contributed by atoms with van der Waals surface area (Å²) in [5.41, 5.74) is 2.34. The zero-order valence-corrected chi connectivity index (χ0v) is 12.6. The van der Waals surface area contributed by atoms with Gasteiger partial charge in [0.2, 0.25) is 0 Å². The molecule has 0 atom stereocenters. The van der Waals surface area contributed by atoms with Crippen molar-refractivity contribution in [2.75, 3.05) is 11.9 Å². The summed E-state index contributed by atoms with van der Waals surface area (Å²) >= 11 is 6.98. The maximum atomic E-state index is 4.15. The molecule has 5 heteroatoms. The van der Waals surface area contributed by atoms with Gasteiger partial charge >= 0.3 is 0 Å². The normalized spacial score (nSPS) is 10.5. The van der Waals surface area contributed by atoms with E-state index in [1.807, 2.05) is 36.3 Å². The summed E-state index contributed by atoms with van der Waals surface area (Å²) in [6, 6.07) is 6.10. The molecule has 0 saturated carbocycles. The van der Waals surface area contributed by atoms with Crippen molar-refractivity contribution < 1.29 is 0 Å². The van der Waals surface area contributed by atoms with E-state index in [-0.39, 0.29) is 0 Å². The molecule has 0 aliphatic carbocycles. The van der Waals surface area contributed by atoms with Crippen LogP contribution in [0.4, 0.5) is 5.69 Å². The topological polar surface area (TPSA) is 29.9 Å². The largest absolute Gasteiger partial charge is 0.384 e. The lowest BCUT2D eigenvalue weighted by atomic mass is 10.2. The lowest BCUT2D eigenvalue weighted by Gasteiger charge is -2.08. The zero-order chi connectivity index (χ0) is 12.3. The van der Waals surface area contributed by atoms with Crippen LogP contribution in [0.1, 0.15) is 5.56 Å². The predicted octanol–water partition coefficient (Wildman–Crippen LogP) is 3.60. The quantitative estimate of drug-likeness (QED) is 0.904. The molecule has 0 aliphatic rings. The van der Waals surface area contributed by atoms with E-state index in [4.69, 9.17) is 0 Å². The number of nitrogens with zero attached hydrogens (tertiary/aromatic N) is 2. The molecule has 0 amide bonds. The minimum absolute atomic E-state index is 0.890. The second-order valence-electron chi connectivity index (χ2n) is 3.82. The molecule has 1 N–H and O–H groups in total. The molecule has 0 spiro atoms. The molecule has 3 nitrogen and oxygen atoms in total. The Kier molecular flexibility index (Phi) is 4.23. The Morgan fingerprint density at radius 1 is 1.35 bits per heavy atom. The van der Waals surface area contributed by atoms with Crippen LogP contribution in [-0.2, 0) is 13.5 Å². The van der Waals surface area contributed by atoms with Crippen LogP contribution in [0.25, 0.3) is 0 Å². The van der Waals surface area contributed by atoms with Crippen LogP contribution in [0.15, 0.2) is 39.5 Å². The Labute approximate surface area is 117 Å². The molecule has 90 valence electrons. The number of hydrogen-bond acceptors (Lipinski definition) is 2. The molecule has 0 unspecified atom stereocenters. The van der Waals surface area contributed by atoms with Gasteiger partial charge in [0, 0.05) is 34.4 Å². The van der Waals surface area contributed by atoms with Crippen LogP contribution in [0.5, 0.6) is 0 Å². The van der Waals surface area contributed by atoms with Crippen LogP contribution >= 0.6 is 31.9 Å². The van der Waals surface area contributed by atoms with Gasteiger partial charge in [0.05, 0.1) is 6.20 Å². The highest BCUT2D eigenvalue weighted by atomic mass is 79.9. The first-order valence-corrected chi connectivity index (χ1v) is 6.90. The van der Waals surface area contributed by atoms with Gasteiger partial charge in [-0.1, -0.05) is 15.9 Å². The van der Waals surface area contributed by atoms with E-state index >= 15 is 0 Å². The number of halogens is 2. The van der Waals surface area contributed by atoms with E-state index in [0.29, 0.717) is 0 Å². The van der Waals surface area contributed by atoms with Crippen molar-refractivity contribution in [2.24, 2.45) is 7.05 Å².